The molecule has 1 aliphatic rings. The van der Waals surface area contributed by atoms with Gasteiger partial charge in [0.25, 0.3) is 0 Å². The number of hydrogen-bond acceptors (Lipinski definition) is 2. The molecule has 1 heterocycles. The normalized spacial score (nSPS) is 22.8. The van der Waals surface area contributed by atoms with Crippen LogP contribution in [0.3, 0.4) is 0 Å². The number of rotatable bonds is 6. The minimum Gasteiger partial charge on any atom is -0.369 e. The summed E-state index contributed by atoms with van der Waals surface area (Å²) in [5.41, 5.74) is 1.04. The van der Waals surface area contributed by atoms with E-state index in [-0.39, 0.29) is 5.82 Å². The van der Waals surface area contributed by atoms with Gasteiger partial charge < -0.3 is 10.2 Å². The van der Waals surface area contributed by atoms with Crippen LogP contribution in [0, 0.1) is 11.2 Å². The van der Waals surface area contributed by atoms with E-state index in [0.717, 1.165) is 31.9 Å². The van der Waals surface area contributed by atoms with Gasteiger partial charge in [-0.1, -0.05) is 25.5 Å². The summed E-state index contributed by atoms with van der Waals surface area (Å²) in [4.78, 5) is 2.21. The van der Waals surface area contributed by atoms with Crippen LogP contribution in [0.2, 0.25) is 0 Å². The van der Waals surface area contributed by atoms with Crippen molar-refractivity contribution in [2.24, 2.45) is 5.41 Å². The van der Waals surface area contributed by atoms with Crippen LogP contribution < -0.4 is 10.2 Å². The third kappa shape index (κ3) is 3.51. The first-order chi connectivity index (χ1) is 9.71. The molecule has 0 amide bonds. The topological polar surface area (TPSA) is 15.3 Å². The molecule has 1 aromatic rings. The van der Waals surface area contributed by atoms with E-state index < -0.39 is 0 Å². The Bertz CT molecular complexity index is 408. The molecule has 0 spiro atoms. The maximum Gasteiger partial charge on any atom is 0.146 e. The summed E-state index contributed by atoms with van der Waals surface area (Å²) in [7, 11) is 0. The summed E-state index contributed by atoms with van der Waals surface area (Å²) in [6.45, 7) is 8.35. The predicted molar refractivity (Wildman–Crippen MR) is 83.7 cm³/mol. The van der Waals surface area contributed by atoms with Gasteiger partial charge in [0.2, 0.25) is 0 Å². The lowest BCUT2D eigenvalue weighted by atomic mass is 9.76. The molecule has 1 aliphatic heterocycles. The first-order valence-corrected chi connectivity index (χ1v) is 7.91. The van der Waals surface area contributed by atoms with E-state index in [1.165, 1.54) is 25.7 Å². The van der Waals surface area contributed by atoms with E-state index in [2.05, 4.69) is 24.1 Å². The van der Waals surface area contributed by atoms with E-state index in [4.69, 9.17) is 0 Å². The third-order valence-electron chi connectivity index (χ3n) is 4.44. The maximum absolute atomic E-state index is 14.0. The van der Waals surface area contributed by atoms with Crippen molar-refractivity contribution in [3.05, 3.63) is 30.1 Å². The Morgan fingerprint density at radius 3 is 2.70 bits per heavy atom. The van der Waals surface area contributed by atoms with Crippen LogP contribution in [0.25, 0.3) is 0 Å². The second-order valence-electron chi connectivity index (χ2n) is 6.00. The zero-order valence-electron chi connectivity index (χ0n) is 12.8. The van der Waals surface area contributed by atoms with Crippen molar-refractivity contribution >= 4 is 5.69 Å². The second-order valence-corrected chi connectivity index (χ2v) is 6.00. The SMILES string of the molecule is CCCC1(CN(CC)c2ccccc2F)CCCNC1. The van der Waals surface area contributed by atoms with Crippen LogP contribution in [0.4, 0.5) is 10.1 Å². The van der Waals surface area contributed by atoms with E-state index in [0.29, 0.717) is 5.41 Å². The number of nitrogens with one attached hydrogen (secondary N) is 1. The van der Waals surface area contributed by atoms with E-state index in [1.807, 2.05) is 12.1 Å². The fourth-order valence-corrected chi connectivity index (χ4v) is 3.47. The minimum atomic E-state index is -0.107. The molecule has 112 valence electrons. The summed E-state index contributed by atoms with van der Waals surface area (Å²) in [5, 5.41) is 3.54. The Morgan fingerprint density at radius 1 is 1.30 bits per heavy atom. The first-order valence-electron chi connectivity index (χ1n) is 7.91. The summed E-state index contributed by atoms with van der Waals surface area (Å²) in [6, 6.07) is 7.14. The smallest absolute Gasteiger partial charge is 0.146 e. The Morgan fingerprint density at radius 2 is 2.10 bits per heavy atom. The zero-order chi connectivity index (χ0) is 14.4. The number of benzene rings is 1. The van der Waals surface area contributed by atoms with Crippen molar-refractivity contribution in [1.82, 2.24) is 5.32 Å². The van der Waals surface area contributed by atoms with Gasteiger partial charge in [0, 0.05) is 25.0 Å². The van der Waals surface area contributed by atoms with Crippen molar-refractivity contribution in [1.29, 1.82) is 0 Å². The molecule has 20 heavy (non-hydrogen) atoms. The highest BCUT2D eigenvalue weighted by molar-refractivity contribution is 5.47. The number of nitrogens with zero attached hydrogens (tertiary/aromatic N) is 1. The molecule has 1 atom stereocenters. The van der Waals surface area contributed by atoms with Crippen LogP contribution in [0.5, 0.6) is 0 Å². The lowest BCUT2D eigenvalue weighted by Crippen LogP contribution is -2.48. The lowest BCUT2D eigenvalue weighted by molar-refractivity contribution is 0.195. The number of hydrogen-bond donors (Lipinski definition) is 1. The molecule has 1 unspecified atom stereocenters. The van der Waals surface area contributed by atoms with E-state index in [1.54, 1.807) is 12.1 Å². The number of piperidine rings is 1. The molecular formula is C17H27FN2. The predicted octanol–water partition coefficient (Wildman–Crippen LogP) is 3.82. The molecular weight excluding hydrogens is 251 g/mol. The molecule has 3 heteroatoms. The van der Waals surface area contributed by atoms with Gasteiger partial charge in [-0.2, -0.15) is 0 Å². The molecule has 1 N–H and O–H groups in total. The molecule has 1 fully saturated rings. The lowest BCUT2D eigenvalue weighted by Gasteiger charge is -2.42. The fraction of sp³-hybridized carbons (Fsp3) is 0.647. The van der Waals surface area contributed by atoms with Gasteiger partial charge in [-0.3, -0.25) is 0 Å². The van der Waals surface area contributed by atoms with Crippen molar-refractivity contribution in [2.45, 2.75) is 39.5 Å². The Hall–Kier alpha value is -1.09. The molecule has 1 saturated heterocycles. The van der Waals surface area contributed by atoms with Gasteiger partial charge in [0.1, 0.15) is 5.82 Å². The molecule has 2 nitrogen and oxygen atoms in total. The first kappa shape index (κ1) is 15.3. The average molecular weight is 278 g/mol. The molecule has 0 aromatic heterocycles. The van der Waals surface area contributed by atoms with Crippen LogP contribution in [-0.2, 0) is 0 Å². The van der Waals surface area contributed by atoms with E-state index in [9.17, 15) is 4.39 Å². The van der Waals surface area contributed by atoms with Crippen molar-refractivity contribution in [2.75, 3.05) is 31.1 Å². The van der Waals surface area contributed by atoms with Crippen LogP contribution >= 0.6 is 0 Å². The largest absolute Gasteiger partial charge is 0.369 e. The van der Waals surface area contributed by atoms with E-state index >= 15 is 0 Å². The number of anilines is 1. The maximum atomic E-state index is 14.0. The fourth-order valence-electron chi connectivity index (χ4n) is 3.47. The Labute approximate surface area is 122 Å². The summed E-state index contributed by atoms with van der Waals surface area (Å²) >= 11 is 0. The Kier molecular flexibility index (Phi) is 5.41. The Balaban J connectivity index is 2.16. The highest BCUT2D eigenvalue weighted by Gasteiger charge is 2.33. The van der Waals surface area contributed by atoms with Gasteiger partial charge in [-0.05, 0) is 44.9 Å². The summed E-state index contributed by atoms with van der Waals surface area (Å²) in [5.74, 6) is -0.107. The van der Waals surface area contributed by atoms with Gasteiger partial charge in [-0.15, -0.1) is 0 Å². The van der Waals surface area contributed by atoms with Gasteiger partial charge >= 0.3 is 0 Å². The van der Waals surface area contributed by atoms with Gasteiger partial charge in [0.05, 0.1) is 5.69 Å². The molecule has 2 rings (SSSR count). The van der Waals surface area contributed by atoms with Crippen LogP contribution in [0.15, 0.2) is 24.3 Å². The third-order valence-corrected chi connectivity index (χ3v) is 4.44. The molecule has 0 aliphatic carbocycles. The number of halogens is 1. The molecule has 0 saturated carbocycles. The monoisotopic (exact) mass is 278 g/mol. The second kappa shape index (κ2) is 7.07. The zero-order valence-corrected chi connectivity index (χ0v) is 12.8. The van der Waals surface area contributed by atoms with Crippen LogP contribution in [-0.4, -0.2) is 26.2 Å². The van der Waals surface area contributed by atoms with Crippen LogP contribution in [0.1, 0.15) is 39.5 Å². The molecule has 0 bridgehead atoms. The van der Waals surface area contributed by atoms with Crippen molar-refractivity contribution < 1.29 is 4.39 Å². The number of para-hydroxylation sites is 1. The average Bonchev–Trinajstić information content (AvgIpc) is 2.47. The van der Waals surface area contributed by atoms with Crippen molar-refractivity contribution in [3.8, 4) is 0 Å². The quantitative estimate of drug-likeness (QED) is 0.851. The summed E-state index contributed by atoms with van der Waals surface area (Å²) < 4.78 is 14.0. The minimum absolute atomic E-state index is 0.107. The van der Waals surface area contributed by atoms with Gasteiger partial charge in [0.15, 0.2) is 0 Å². The highest BCUT2D eigenvalue weighted by atomic mass is 19.1. The summed E-state index contributed by atoms with van der Waals surface area (Å²) in [6.07, 6.45) is 4.88. The standard InChI is InChI=1S/C17H27FN2/c1-3-10-17(11-7-12-19-13-17)14-20(4-2)16-9-6-5-8-15(16)18/h5-6,8-9,19H,3-4,7,10-14H2,1-2H3. The van der Waals surface area contributed by atoms with Crippen molar-refractivity contribution in [3.63, 3.8) is 0 Å². The molecule has 1 aromatic carbocycles. The van der Waals surface area contributed by atoms with Gasteiger partial charge in [-0.25, -0.2) is 4.39 Å². The highest BCUT2D eigenvalue weighted by Crippen LogP contribution is 2.34. The molecule has 0 radical (unpaired) electrons.